The highest BCUT2D eigenvalue weighted by atomic mass is 16.3. The fourth-order valence-corrected chi connectivity index (χ4v) is 6.28. The SMILES string of the molecule is Cc1cc2cc(NC(=NC3CCCCN(CC(=O)N4CCCC4)C3=O)NC(=O)c3ccc(C(=O)N4CCCC4)cc3)ccc2o1. The van der Waals surface area contributed by atoms with Crippen molar-refractivity contribution in [1.29, 1.82) is 0 Å². The van der Waals surface area contributed by atoms with Gasteiger partial charge in [0.1, 0.15) is 17.4 Å². The zero-order valence-corrected chi connectivity index (χ0v) is 25.7. The first-order chi connectivity index (χ1) is 21.8. The molecule has 0 radical (unpaired) electrons. The highest BCUT2D eigenvalue weighted by molar-refractivity contribution is 6.11. The fraction of sp³-hybridized carbons (Fsp3) is 0.441. The maximum atomic E-state index is 13.7. The first-order valence-corrected chi connectivity index (χ1v) is 16.0. The molecular weight excluding hydrogens is 572 g/mol. The van der Waals surface area contributed by atoms with Crippen LogP contribution < -0.4 is 10.6 Å². The Kier molecular flexibility index (Phi) is 9.13. The van der Waals surface area contributed by atoms with Crippen molar-refractivity contribution < 1.29 is 23.6 Å². The van der Waals surface area contributed by atoms with Crippen LogP contribution in [0.4, 0.5) is 5.69 Å². The number of nitrogens with zero attached hydrogens (tertiary/aromatic N) is 4. The van der Waals surface area contributed by atoms with E-state index in [0.717, 1.165) is 81.4 Å². The number of carbonyl (C=O) groups excluding carboxylic acids is 4. The lowest BCUT2D eigenvalue weighted by Crippen LogP contribution is -2.45. The van der Waals surface area contributed by atoms with Gasteiger partial charge in [-0.3, -0.25) is 24.5 Å². The average molecular weight is 613 g/mol. The van der Waals surface area contributed by atoms with E-state index in [-0.39, 0.29) is 30.2 Å². The molecule has 0 bridgehead atoms. The maximum Gasteiger partial charge on any atom is 0.257 e. The van der Waals surface area contributed by atoms with Gasteiger partial charge in [0.15, 0.2) is 0 Å². The second kappa shape index (κ2) is 13.5. The Balaban J connectivity index is 1.23. The standard InChI is InChI=1S/C34H40N6O5/c1-23-20-26-21-27(13-14-29(26)45-23)35-34(37-31(42)24-9-11-25(12-10-24)32(43)39-17-6-7-18-39)36-28-8-2-3-19-40(33(28)44)22-30(41)38-15-4-5-16-38/h9-14,20-21,28H,2-8,15-19,22H2,1H3,(H2,35,36,37,42). The molecule has 2 aromatic carbocycles. The predicted octanol–water partition coefficient (Wildman–Crippen LogP) is 4.18. The van der Waals surface area contributed by atoms with Gasteiger partial charge in [-0.05, 0) is 100 Å². The Bertz CT molecular complexity index is 1600. The van der Waals surface area contributed by atoms with Crippen LogP contribution in [0.5, 0.6) is 0 Å². The largest absolute Gasteiger partial charge is 0.461 e. The van der Waals surface area contributed by atoms with Crippen molar-refractivity contribution in [2.75, 3.05) is 44.6 Å². The topological polar surface area (TPSA) is 128 Å². The number of nitrogens with one attached hydrogen (secondary N) is 2. The molecular formula is C34H40N6O5. The lowest BCUT2D eigenvalue weighted by atomic mass is 10.1. The van der Waals surface area contributed by atoms with Gasteiger partial charge in [0.25, 0.3) is 11.8 Å². The molecule has 1 unspecified atom stereocenters. The molecule has 4 heterocycles. The molecule has 6 rings (SSSR count). The molecule has 2 N–H and O–H groups in total. The molecule has 0 aliphatic carbocycles. The van der Waals surface area contributed by atoms with E-state index in [1.807, 2.05) is 41.0 Å². The summed E-state index contributed by atoms with van der Waals surface area (Å²) in [7, 11) is 0. The van der Waals surface area contributed by atoms with E-state index in [9.17, 15) is 19.2 Å². The third-order valence-corrected chi connectivity index (χ3v) is 8.74. The van der Waals surface area contributed by atoms with Gasteiger partial charge in [0, 0.05) is 54.9 Å². The quantitative estimate of drug-likeness (QED) is 0.318. The Hall–Kier alpha value is -4.67. The van der Waals surface area contributed by atoms with Gasteiger partial charge >= 0.3 is 0 Å². The van der Waals surface area contributed by atoms with Gasteiger partial charge in [-0.15, -0.1) is 0 Å². The lowest BCUT2D eigenvalue weighted by Gasteiger charge is -2.25. The maximum absolute atomic E-state index is 13.7. The molecule has 0 spiro atoms. The first kappa shape index (κ1) is 30.4. The van der Waals surface area contributed by atoms with Gasteiger partial charge in [-0.2, -0.15) is 0 Å². The number of guanidine groups is 1. The van der Waals surface area contributed by atoms with Crippen molar-refractivity contribution in [2.45, 2.75) is 57.9 Å². The van der Waals surface area contributed by atoms with Crippen LogP contribution in [0.2, 0.25) is 0 Å². The molecule has 3 aliphatic heterocycles. The summed E-state index contributed by atoms with van der Waals surface area (Å²) in [6.45, 7) is 5.38. The summed E-state index contributed by atoms with van der Waals surface area (Å²) in [5, 5.41) is 6.96. The zero-order valence-electron chi connectivity index (χ0n) is 25.7. The number of likely N-dealkylation sites (tertiary alicyclic amines) is 3. The van der Waals surface area contributed by atoms with E-state index in [2.05, 4.69) is 10.6 Å². The average Bonchev–Trinajstić information content (AvgIpc) is 3.82. The number of rotatable bonds is 6. The number of benzene rings is 2. The Morgan fingerprint density at radius 1 is 0.844 bits per heavy atom. The Labute approximate surface area is 262 Å². The molecule has 3 aliphatic rings. The highest BCUT2D eigenvalue weighted by Gasteiger charge is 2.30. The Morgan fingerprint density at radius 3 is 2.24 bits per heavy atom. The van der Waals surface area contributed by atoms with Gasteiger partial charge in [-0.25, -0.2) is 4.99 Å². The van der Waals surface area contributed by atoms with E-state index >= 15 is 0 Å². The van der Waals surface area contributed by atoms with E-state index in [0.29, 0.717) is 29.8 Å². The summed E-state index contributed by atoms with van der Waals surface area (Å²) in [5.74, 6) is 0.190. The van der Waals surface area contributed by atoms with Crippen molar-refractivity contribution in [3.63, 3.8) is 0 Å². The third kappa shape index (κ3) is 7.19. The molecule has 11 heteroatoms. The monoisotopic (exact) mass is 612 g/mol. The van der Waals surface area contributed by atoms with Crippen molar-refractivity contribution in [3.8, 4) is 0 Å². The lowest BCUT2D eigenvalue weighted by molar-refractivity contribution is -0.140. The summed E-state index contributed by atoms with van der Waals surface area (Å²) >= 11 is 0. The minimum Gasteiger partial charge on any atom is -0.461 e. The molecule has 3 aromatic rings. The van der Waals surface area contributed by atoms with Crippen molar-refractivity contribution >= 4 is 46.2 Å². The van der Waals surface area contributed by atoms with Gasteiger partial charge < -0.3 is 24.4 Å². The molecule has 3 fully saturated rings. The number of amides is 4. The molecule has 4 amide bonds. The smallest absolute Gasteiger partial charge is 0.257 e. The molecule has 1 atom stereocenters. The minimum atomic E-state index is -0.762. The number of fused-ring (bicyclic) bond motifs is 1. The van der Waals surface area contributed by atoms with Crippen LogP contribution >= 0.6 is 0 Å². The summed E-state index contributed by atoms with van der Waals surface area (Å²) in [5.41, 5.74) is 2.29. The molecule has 3 saturated heterocycles. The van der Waals surface area contributed by atoms with E-state index < -0.39 is 11.9 Å². The molecule has 45 heavy (non-hydrogen) atoms. The predicted molar refractivity (Wildman–Crippen MR) is 171 cm³/mol. The highest BCUT2D eigenvalue weighted by Crippen LogP contribution is 2.23. The van der Waals surface area contributed by atoms with Crippen LogP contribution in [0.25, 0.3) is 11.0 Å². The number of aryl methyl sites for hydroxylation is 1. The normalized spacial score (nSPS) is 19.2. The number of aliphatic imine (C=N–C) groups is 1. The zero-order chi connectivity index (χ0) is 31.3. The molecule has 236 valence electrons. The van der Waals surface area contributed by atoms with Crippen LogP contribution in [0.1, 0.15) is 71.4 Å². The third-order valence-electron chi connectivity index (χ3n) is 8.74. The molecule has 0 saturated carbocycles. The van der Waals surface area contributed by atoms with Crippen molar-refractivity contribution in [3.05, 3.63) is 65.4 Å². The second-order valence-electron chi connectivity index (χ2n) is 12.1. The van der Waals surface area contributed by atoms with E-state index in [1.54, 1.807) is 29.2 Å². The summed E-state index contributed by atoms with van der Waals surface area (Å²) < 4.78 is 5.70. The number of furan rings is 1. The number of anilines is 1. The number of hydrogen-bond acceptors (Lipinski definition) is 6. The van der Waals surface area contributed by atoms with Crippen molar-refractivity contribution in [2.24, 2.45) is 4.99 Å². The van der Waals surface area contributed by atoms with Crippen LogP contribution in [0.15, 0.2) is 57.9 Å². The van der Waals surface area contributed by atoms with Crippen LogP contribution in [-0.4, -0.2) is 89.6 Å². The second-order valence-corrected chi connectivity index (χ2v) is 12.1. The van der Waals surface area contributed by atoms with Crippen molar-refractivity contribution in [1.82, 2.24) is 20.0 Å². The van der Waals surface area contributed by atoms with Gasteiger partial charge in [-0.1, -0.05) is 0 Å². The van der Waals surface area contributed by atoms with Crippen LogP contribution in [-0.2, 0) is 9.59 Å². The first-order valence-electron chi connectivity index (χ1n) is 16.0. The summed E-state index contributed by atoms with van der Waals surface area (Å²) in [4.78, 5) is 62.8. The minimum absolute atomic E-state index is 0.0344. The van der Waals surface area contributed by atoms with Crippen LogP contribution in [0, 0.1) is 6.92 Å². The van der Waals surface area contributed by atoms with Crippen LogP contribution in [0.3, 0.4) is 0 Å². The fourth-order valence-electron chi connectivity index (χ4n) is 6.28. The Morgan fingerprint density at radius 2 is 1.51 bits per heavy atom. The van der Waals surface area contributed by atoms with Gasteiger partial charge in [0.2, 0.25) is 17.8 Å². The van der Waals surface area contributed by atoms with E-state index in [4.69, 9.17) is 9.41 Å². The molecule has 11 nitrogen and oxygen atoms in total. The molecule has 1 aromatic heterocycles. The van der Waals surface area contributed by atoms with E-state index in [1.165, 1.54) is 0 Å². The number of carbonyl (C=O) groups is 4. The number of hydrogen-bond donors (Lipinski definition) is 2. The summed E-state index contributed by atoms with van der Waals surface area (Å²) in [6, 6.07) is 13.3. The van der Waals surface area contributed by atoms with Gasteiger partial charge in [0.05, 0.1) is 6.54 Å². The summed E-state index contributed by atoms with van der Waals surface area (Å²) in [6.07, 6.45) is 6.03.